The summed E-state index contributed by atoms with van der Waals surface area (Å²) < 4.78 is 0. The fraction of sp³-hybridized carbons (Fsp3) is 0.789. The van der Waals surface area contributed by atoms with Gasteiger partial charge in [-0.25, -0.2) is 0 Å². The molecule has 0 spiro atoms. The van der Waals surface area contributed by atoms with Gasteiger partial charge in [0.2, 0.25) is 0 Å². The van der Waals surface area contributed by atoms with Gasteiger partial charge in [-0.15, -0.1) is 0 Å². The van der Waals surface area contributed by atoms with E-state index in [0.717, 1.165) is 32.1 Å². The Hall–Kier alpha value is -0.960. The van der Waals surface area contributed by atoms with Crippen LogP contribution in [0.2, 0.25) is 0 Å². The molecular formula is C19H26O3. The van der Waals surface area contributed by atoms with E-state index in [9.17, 15) is 14.7 Å². The lowest BCUT2D eigenvalue weighted by atomic mass is 9.48. The van der Waals surface area contributed by atoms with Gasteiger partial charge >= 0.3 is 0 Å². The van der Waals surface area contributed by atoms with Crippen molar-refractivity contribution in [2.75, 3.05) is 0 Å². The Labute approximate surface area is 132 Å². The average molecular weight is 302 g/mol. The van der Waals surface area contributed by atoms with Crippen LogP contribution in [0.4, 0.5) is 0 Å². The molecule has 0 aromatic carbocycles. The number of rotatable bonds is 0. The van der Waals surface area contributed by atoms with Crippen LogP contribution in [0.25, 0.3) is 0 Å². The number of fused-ring (bicyclic) bond motifs is 5. The quantitative estimate of drug-likeness (QED) is 0.748. The van der Waals surface area contributed by atoms with Crippen LogP contribution in [0.1, 0.15) is 58.8 Å². The molecule has 3 fully saturated rings. The molecule has 0 heterocycles. The highest BCUT2D eigenvalue weighted by Gasteiger charge is 2.60. The lowest BCUT2D eigenvalue weighted by Crippen LogP contribution is -2.53. The second kappa shape index (κ2) is 4.53. The van der Waals surface area contributed by atoms with Gasteiger partial charge in [-0.3, -0.25) is 9.59 Å². The molecule has 1 N–H and O–H groups in total. The monoisotopic (exact) mass is 302 g/mol. The number of hydrogen-bond donors (Lipinski definition) is 1. The first-order valence-electron chi connectivity index (χ1n) is 8.82. The van der Waals surface area contributed by atoms with Crippen LogP contribution in [0.5, 0.6) is 0 Å². The summed E-state index contributed by atoms with van der Waals surface area (Å²) in [6.45, 7) is 4.40. The van der Waals surface area contributed by atoms with Crippen molar-refractivity contribution in [2.45, 2.75) is 64.9 Å². The van der Waals surface area contributed by atoms with Crippen molar-refractivity contribution in [3.8, 4) is 0 Å². The standard InChI is InChI=1S/C19H26O3/c1-18-7-5-12(20)9-11(18)10-15(21)17-13-3-4-16(22)19(13,2)8-6-14(17)18/h10,12-14,17,20H,3-9H2,1-2H3/t12-,13-,14-,17-,18-,19+/m0/s1. The summed E-state index contributed by atoms with van der Waals surface area (Å²) >= 11 is 0. The van der Waals surface area contributed by atoms with E-state index in [1.54, 1.807) is 0 Å². The summed E-state index contributed by atoms with van der Waals surface area (Å²) in [5, 5.41) is 9.97. The van der Waals surface area contributed by atoms with E-state index < -0.39 is 0 Å². The summed E-state index contributed by atoms with van der Waals surface area (Å²) in [4.78, 5) is 25.2. The number of hydrogen-bond acceptors (Lipinski definition) is 3. The maximum absolute atomic E-state index is 12.9. The molecule has 0 aliphatic heterocycles. The van der Waals surface area contributed by atoms with Gasteiger partial charge < -0.3 is 5.11 Å². The molecule has 0 amide bonds. The number of allylic oxidation sites excluding steroid dienone is 1. The van der Waals surface area contributed by atoms with Crippen LogP contribution in [-0.2, 0) is 9.59 Å². The first-order chi connectivity index (χ1) is 10.4. The predicted octanol–water partition coefficient (Wildman–Crippen LogP) is 3.06. The van der Waals surface area contributed by atoms with Crippen LogP contribution < -0.4 is 0 Å². The third kappa shape index (κ3) is 1.72. The molecule has 3 saturated carbocycles. The van der Waals surface area contributed by atoms with Crippen molar-refractivity contribution in [3.05, 3.63) is 11.6 Å². The molecule has 4 rings (SSSR count). The van der Waals surface area contributed by atoms with Gasteiger partial charge in [0.15, 0.2) is 5.78 Å². The minimum atomic E-state index is -0.286. The topological polar surface area (TPSA) is 54.4 Å². The summed E-state index contributed by atoms with van der Waals surface area (Å²) in [6.07, 6.45) is 7.51. The van der Waals surface area contributed by atoms with Crippen molar-refractivity contribution in [1.29, 1.82) is 0 Å². The summed E-state index contributed by atoms with van der Waals surface area (Å²) in [6, 6.07) is 0. The normalized spacial score (nSPS) is 51.0. The Balaban J connectivity index is 1.76. The Morgan fingerprint density at radius 2 is 1.73 bits per heavy atom. The van der Waals surface area contributed by atoms with Crippen LogP contribution in [0.3, 0.4) is 0 Å². The van der Waals surface area contributed by atoms with Crippen molar-refractivity contribution < 1.29 is 14.7 Å². The molecule has 3 nitrogen and oxygen atoms in total. The molecule has 0 aromatic rings. The first-order valence-corrected chi connectivity index (χ1v) is 8.82. The number of ketones is 2. The number of Topliss-reactive ketones (excluding diaryl/α,β-unsaturated/α-hetero) is 1. The van der Waals surface area contributed by atoms with Crippen molar-refractivity contribution in [2.24, 2.45) is 28.6 Å². The van der Waals surface area contributed by atoms with E-state index in [0.29, 0.717) is 24.5 Å². The summed E-state index contributed by atoms with van der Waals surface area (Å²) in [7, 11) is 0. The highest BCUT2D eigenvalue weighted by molar-refractivity contribution is 5.96. The van der Waals surface area contributed by atoms with Crippen molar-refractivity contribution in [1.82, 2.24) is 0 Å². The Morgan fingerprint density at radius 1 is 1.05 bits per heavy atom. The minimum absolute atomic E-state index is 0.0363. The molecule has 0 bridgehead atoms. The first kappa shape index (κ1) is 14.6. The van der Waals surface area contributed by atoms with E-state index in [1.807, 2.05) is 6.08 Å². The van der Waals surface area contributed by atoms with Crippen LogP contribution in [0.15, 0.2) is 11.6 Å². The lowest BCUT2D eigenvalue weighted by molar-refractivity contribution is -0.139. The van der Waals surface area contributed by atoms with E-state index in [2.05, 4.69) is 13.8 Å². The van der Waals surface area contributed by atoms with Crippen molar-refractivity contribution in [3.63, 3.8) is 0 Å². The number of aliphatic hydroxyl groups is 1. The van der Waals surface area contributed by atoms with Crippen LogP contribution >= 0.6 is 0 Å². The second-order valence-electron chi connectivity index (χ2n) is 8.54. The van der Waals surface area contributed by atoms with Gasteiger partial charge in [-0.05, 0) is 61.9 Å². The van der Waals surface area contributed by atoms with Gasteiger partial charge in [0.1, 0.15) is 5.78 Å². The molecule has 0 saturated heterocycles. The second-order valence-corrected chi connectivity index (χ2v) is 8.54. The third-order valence-electron chi connectivity index (χ3n) is 7.63. The zero-order valence-electron chi connectivity index (χ0n) is 13.6. The van der Waals surface area contributed by atoms with E-state index in [-0.39, 0.29) is 34.6 Å². The molecule has 0 unspecified atom stereocenters. The number of carbonyl (C=O) groups excluding carboxylic acids is 2. The molecule has 6 atom stereocenters. The zero-order valence-corrected chi connectivity index (χ0v) is 13.6. The minimum Gasteiger partial charge on any atom is -0.393 e. The largest absolute Gasteiger partial charge is 0.393 e. The van der Waals surface area contributed by atoms with E-state index in [1.165, 1.54) is 5.57 Å². The average Bonchev–Trinajstić information content (AvgIpc) is 2.77. The van der Waals surface area contributed by atoms with Crippen LogP contribution in [0, 0.1) is 28.6 Å². The Bertz CT molecular complexity index is 577. The lowest BCUT2D eigenvalue weighted by Gasteiger charge is -2.55. The van der Waals surface area contributed by atoms with Gasteiger partial charge in [-0.2, -0.15) is 0 Å². The maximum atomic E-state index is 12.9. The fourth-order valence-electron chi connectivity index (χ4n) is 6.16. The predicted molar refractivity (Wildman–Crippen MR) is 83.1 cm³/mol. The summed E-state index contributed by atoms with van der Waals surface area (Å²) in [5.74, 6) is 1.26. The highest BCUT2D eigenvalue weighted by Crippen LogP contribution is 2.63. The molecule has 4 aliphatic carbocycles. The van der Waals surface area contributed by atoms with Crippen LogP contribution in [-0.4, -0.2) is 22.8 Å². The molecule has 0 aromatic heterocycles. The van der Waals surface area contributed by atoms with E-state index in [4.69, 9.17) is 0 Å². The maximum Gasteiger partial charge on any atom is 0.159 e. The number of carbonyl (C=O) groups is 2. The highest BCUT2D eigenvalue weighted by atomic mass is 16.3. The van der Waals surface area contributed by atoms with Gasteiger partial charge in [-0.1, -0.05) is 19.4 Å². The van der Waals surface area contributed by atoms with E-state index >= 15 is 0 Å². The third-order valence-corrected chi connectivity index (χ3v) is 7.63. The fourth-order valence-corrected chi connectivity index (χ4v) is 6.16. The summed E-state index contributed by atoms with van der Waals surface area (Å²) in [5.41, 5.74) is 0.975. The van der Waals surface area contributed by atoms with Gasteiger partial charge in [0.25, 0.3) is 0 Å². The SMILES string of the molecule is C[C@@]12CC[C@H]3[C@@H](C(=O)C=C4C[C@@H](O)CC[C@@]43C)[C@@H]1CCC2=O. The Kier molecular flexibility index (Phi) is 3.01. The van der Waals surface area contributed by atoms with Gasteiger partial charge in [0, 0.05) is 17.8 Å². The molecule has 22 heavy (non-hydrogen) atoms. The molecule has 3 heteroatoms. The van der Waals surface area contributed by atoms with Gasteiger partial charge in [0.05, 0.1) is 6.10 Å². The van der Waals surface area contributed by atoms with Crippen molar-refractivity contribution >= 4 is 11.6 Å². The Morgan fingerprint density at radius 3 is 2.50 bits per heavy atom. The molecule has 0 radical (unpaired) electrons. The smallest absolute Gasteiger partial charge is 0.159 e. The zero-order chi connectivity index (χ0) is 15.7. The molecule has 120 valence electrons. The number of aliphatic hydroxyl groups excluding tert-OH is 1. The molecule has 4 aliphatic rings. The molecular weight excluding hydrogens is 276 g/mol.